The lowest BCUT2D eigenvalue weighted by Crippen LogP contribution is -2.31. The third-order valence-corrected chi connectivity index (χ3v) is 7.96. The summed E-state index contributed by atoms with van der Waals surface area (Å²) >= 11 is 0. The van der Waals surface area contributed by atoms with Crippen LogP contribution in [0.4, 0.5) is 0 Å². The number of carbonyl (C=O) groups is 2. The van der Waals surface area contributed by atoms with Crippen LogP contribution in [0.2, 0.25) is 0 Å². The summed E-state index contributed by atoms with van der Waals surface area (Å²) in [6.07, 6.45) is 7.74. The number of carbonyl (C=O) groups excluding carboxylic acids is 2. The number of methoxy groups -OCH3 is 1. The quantitative estimate of drug-likeness (QED) is 0.0757. The summed E-state index contributed by atoms with van der Waals surface area (Å²) in [5.74, 6) is 0.0449. The van der Waals surface area contributed by atoms with Crippen molar-refractivity contribution >= 4 is 17.4 Å². The van der Waals surface area contributed by atoms with Gasteiger partial charge in [-0.3, -0.25) is 9.59 Å². The summed E-state index contributed by atoms with van der Waals surface area (Å²) in [4.78, 5) is 32.6. The van der Waals surface area contributed by atoms with E-state index in [1.165, 1.54) is 4.90 Å². The van der Waals surface area contributed by atoms with E-state index < -0.39 is 17.7 Å². The van der Waals surface area contributed by atoms with Crippen molar-refractivity contribution in [3.05, 3.63) is 113 Å². The predicted octanol–water partition coefficient (Wildman–Crippen LogP) is 6.47. The van der Waals surface area contributed by atoms with Gasteiger partial charge in [0.05, 0.1) is 31.7 Å². The molecule has 1 fully saturated rings. The SMILES string of the molecule is CCCCOc1ccc(C2C(=C(O)c3ccc(OCc4ccccc4C)cc3)C(=O)C(=O)N2CCCn2ccnc2)cc1OC. The molecule has 1 amide bonds. The summed E-state index contributed by atoms with van der Waals surface area (Å²) in [5.41, 5.74) is 3.29. The average molecular weight is 610 g/mol. The second-order valence-electron chi connectivity index (χ2n) is 11.0. The number of aliphatic hydroxyl groups excluding tert-OH is 1. The van der Waals surface area contributed by atoms with Crippen molar-refractivity contribution in [2.24, 2.45) is 0 Å². The maximum atomic E-state index is 13.6. The van der Waals surface area contributed by atoms with E-state index in [0.717, 1.165) is 24.0 Å². The third-order valence-electron chi connectivity index (χ3n) is 7.96. The molecule has 9 heteroatoms. The molecular weight excluding hydrogens is 570 g/mol. The van der Waals surface area contributed by atoms with Crippen LogP contribution in [-0.4, -0.2) is 51.5 Å². The van der Waals surface area contributed by atoms with Crippen LogP contribution in [0, 0.1) is 6.92 Å². The van der Waals surface area contributed by atoms with Crippen LogP contribution in [0.5, 0.6) is 17.2 Å². The molecule has 1 aliphatic heterocycles. The first kappa shape index (κ1) is 31.4. The van der Waals surface area contributed by atoms with Gasteiger partial charge in [-0.2, -0.15) is 0 Å². The molecule has 4 aromatic rings. The van der Waals surface area contributed by atoms with E-state index in [1.807, 2.05) is 48.0 Å². The highest BCUT2D eigenvalue weighted by atomic mass is 16.5. The van der Waals surface area contributed by atoms with E-state index in [-0.39, 0.29) is 11.3 Å². The summed E-state index contributed by atoms with van der Waals surface area (Å²) in [6.45, 7) is 5.99. The van der Waals surface area contributed by atoms with E-state index in [0.29, 0.717) is 61.1 Å². The molecule has 3 aromatic carbocycles. The van der Waals surface area contributed by atoms with Crippen LogP contribution in [0.15, 0.2) is 91.0 Å². The average Bonchev–Trinajstić information content (AvgIpc) is 3.67. The molecule has 0 aliphatic carbocycles. The molecule has 1 aromatic heterocycles. The van der Waals surface area contributed by atoms with Gasteiger partial charge in [-0.05, 0) is 72.9 Å². The Balaban J connectivity index is 1.45. The Labute approximate surface area is 263 Å². The van der Waals surface area contributed by atoms with Crippen LogP contribution >= 0.6 is 0 Å². The Morgan fingerprint density at radius 3 is 2.47 bits per heavy atom. The Morgan fingerprint density at radius 1 is 0.956 bits per heavy atom. The van der Waals surface area contributed by atoms with Gasteiger partial charge in [0.1, 0.15) is 18.1 Å². The van der Waals surface area contributed by atoms with E-state index in [1.54, 1.807) is 56.0 Å². The Hall–Kier alpha value is -5.05. The first-order valence-electron chi connectivity index (χ1n) is 15.2. The number of unbranched alkanes of at least 4 members (excludes halogenated alkanes) is 1. The Morgan fingerprint density at radius 2 is 1.76 bits per heavy atom. The number of aliphatic hydroxyl groups is 1. The van der Waals surface area contributed by atoms with Crippen LogP contribution in [0.1, 0.15) is 54.5 Å². The topological polar surface area (TPSA) is 103 Å². The van der Waals surface area contributed by atoms with Gasteiger partial charge < -0.3 is 28.8 Å². The zero-order valence-electron chi connectivity index (χ0n) is 25.9. The number of hydrogen-bond acceptors (Lipinski definition) is 7. The maximum absolute atomic E-state index is 13.6. The smallest absolute Gasteiger partial charge is 0.295 e. The van der Waals surface area contributed by atoms with Gasteiger partial charge in [0, 0.05) is 31.0 Å². The number of amides is 1. The standard InChI is InChI=1S/C36H39N3O6/c1-4-5-21-44-30-16-13-27(22-31(30)43-3)33-32(35(41)36(42)39(33)19-8-18-38-20-17-37-24-38)34(40)26-11-14-29(15-12-26)45-23-28-10-7-6-9-25(28)2/h6-7,9-17,20,22,24,33,40H,4-5,8,18-19,21,23H2,1-3H3. The molecular formula is C36H39N3O6. The van der Waals surface area contributed by atoms with Gasteiger partial charge in [-0.25, -0.2) is 4.98 Å². The minimum Gasteiger partial charge on any atom is -0.507 e. The number of ether oxygens (including phenoxy) is 3. The monoisotopic (exact) mass is 609 g/mol. The maximum Gasteiger partial charge on any atom is 0.295 e. The Bertz CT molecular complexity index is 1650. The van der Waals surface area contributed by atoms with Crippen molar-refractivity contribution in [1.82, 2.24) is 14.5 Å². The van der Waals surface area contributed by atoms with Crippen LogP contribution in [0.25, 0.3) is 5.76 Å². The predicted molar refractivity (Wildman–Crippen MR) is 171 cm³/mol. The fourth-order valence-electron chi connectivity index (χ4n) is 5.40. The number of ketones is 1. The lowest BCUT2D eigenvalue weighted by atomic mass is 9.95. The summed E-state index contributed by atoms with van der Waals surface area (Å²) in [5, 5.41) is 11.6. The molecule has 1 aliphatic rings. The number of hydrogen-bond donors (Lipinski definition) is 1. The molecule has 1 saturated heterocycles. The zero-order valence-corrected chi connectivity index (χ0v) is 25.9. The highest BCUT2D eigenvalue weighted by Crippen LogP contribution is 2.42. The van der Waals surface area contributed by atoms with Crippen molar-refractivity contribution in [2.75, 3.05) is 20.3 Å². The summed E-state index contributed by atoms with van der Waals surface area (Å²) in [6, 6.07) is 19.4. The number of nitrogens with zero attached hydrogens (tertiary/aromatic N) is 3. The van der Waals surface area contributed by atoms with Crippen molar-refractivity contribution in [2.45, 2.75) is 52.3 Å². The second-order valence-corrected chi connectivity index (χ2v) is 11.0. The highest BCUT2D eigenvalue weighted by molar-refractivity contribution is 6.46. The molecule has 45 heavy (non-hydrogen) atoms. The largest absolute Gasteiger partial charge is 0.507 e. The van der Waals surface area contributed by atoms with Gasteiger partial charge in [0.15, 0.2) is 11.5 Å². The first-order chi connectivity index (χ1) is 21.9. The van der Waals surface area contributed by atoms with Crippen molar-refractivity contribution in [1.29, 1.82) is 0 Å². The fraction of sp³-hybridized carbons (Fsp3) is 0.306. The van der Waals surface area contributed by atoms with Gasteiger partial charge in [-0.15, -0.1) is 0 Å². The minimum atomic E-state index is -0.816. The molecule has 1 unspecified atom stereocenters. The van der Waals surface area contributed by atoms with Crippen molar-refractivity contribution in [3.63, 3.8) is 0 Å². The Kier molecular flexibility index (Phi) is 10.2. The number of benzene rings is 3. The number of imidazole rings is 1. The molecule has 1 atom stereocenters. The number of Topliss-reactive ketones (excluding diaryl/α,β-unsaturated/α-hetero) is 1. The molecule has 1 N–H and O–H groups in total. The van der Waals surface area contributed by atoms with Crippen LogP contribution in [0.3, 0.4) is 0 Å². The minimum absolute atomic E-state index is 0.0258. The van der Waals surface area contributed by atoms with Crippen molar-refractivity contribution < 1.29 is 28.9 Å². The van der Waals surface area contributed by atoms with Crippen LogP contribution in [-0.2, 0) is 22.7 Å². The highest BCUT2D eigenvalue weighted by Gasteiger charge is 2.46. The number of likely N-dealkylation sites (tertiary alicyclic amines) is 1. The molecule has 234 valence electrons. The zero-order chi connectivity index (χ0) is 31.8. The second kappa shape index (κ2) is 14.6. The fourth-order valence-corrected chi connectivity index (χ4v) is 5.40. The molecule has 0 radical (unpaired) electrons. The van der Waals surface area contributed by atoms with Crippen molar-refractivity contribution in [3.8, 4) is 17.2 Å². The normalized spacial score (nSPS) is 15.8. The number of aryl methyl sites for hydroxylation is 2. The van der Waals surface area contributed by atoms with Gasteiger partial charge in [0.25, 0.3) is 11.7 Å². The lowest BCUT2D eigenvalue weighted by Gasteiger charge is -2.26. The molecule has 5 rings (SSSR count). The molecule has 9 nitrogen and oxygen atoms in total. The molecule has 0 bridgehead atoms. The lowest BCUT2D eigenvalue weighted by molar-refractivity contribution is -0.139. The molecule has 2 heterocycles. The van der Waals surface area contributed by atoms with E-state index in [9.17, 15) is 14.7 Å². The summed E-state index contributed by atoms with van der Waals surface area (Å²) < 4.78 is 19.4. The van der Waals surface area contributed by atoms with Crippen LogP contribution < -0.4 is 14.2 Å². The molecule has 0 saturated carbocycles. The number of rotatable bonds is 14. The molecule has 0 spiro atoms. The van der Waals surface area contributed by atoms with Gasteiger partial charge >= 0.3 is 0 Å². The first-order valence-corrected chi connectivity index (χ1v) is 15.2. The number of aromatic nitrogens is 2. The van der Waals surface area contributed by atoms with E-state index >= 15 is 0 Å². The van der Waals surface area contributed by atoms with E-state index in [2.05, 4.69) is 11.9 Å². The van der Waals surface area contributed by atoms with Gasteiger partial charge in [0.2, 0.25) is 0 Å². The van der Waals surface area contributed by atoms with E-state index in [4.69, 9.17) is 14.2 Å². The third kappa shape index (κ3) is 7.20. The summed E-state index contributed by atoms with van der Waals surface area (Å²) in [7, 11) is 1.55. The van der Waals surface area contributed by atoms with Gasteiger partial charge in [-0.1, -0.05) is 43.7 Å².